The van der Waals surface area contributed by atoms with Crippen LogP contribution in [-0.2, 0) is 17.9 Å². The monoisotopic (exact) mass is 517 g/mol. The number of imidazole rings is 1. The van der Waals surface area contributed by atoms with E-state index < -0.39 is 0 Å². The van der Waals surface area contributed by atoms with E-state index in [1.807, 2.05) is 66.3 Å². The van der Waals surface area contributed by atoms with E-state index in [-0.39, 0.29) is 36.4 Å². The number of amides is 1. The number of carbonyl (C=O) groups excluding carboxylic acids is 1. The fourth-order valence-electron chi connectivity index (χ4n) is 3.35. The smallest absolute Gasteiger partial charge is 0.266 e. The minimum atomic E-state index is -0.0852. The molecule has 1 N–H and O–H groups in total. The molecule has 0 unspecified atom stereocenters. The van der Waals surface area contributed by atoms with Gasteiger partial charge in [-0.05, 0) is 42.3 Å². The SMILES string of the molecule is Cc1ccc(Cl)cc1NC(=O)Cn1c[n+](Cc2ccccc2)c2ccccc21.[I-]. The standard InChI is InChI=1S/C23H20ClN3O.HI/c1-17-11-12-19(24)13-20(17)25-23(28)15-27-16-26(14-18-7-3-2-4-8-18)21-9-5-6-10-22(21)27;/h2-13,16H,14-15H2,1H3;1H. The molecule has 1 aromatic heterocycles. The summed E-state index contributed by atoms with van der Waals surface area (Å²) in [5.41, 5.74) is 5.06. The predicted octanol–water partition coefficient (Wildman–Crippen LogP) is 1.58. The van der Waals surface area contributed by atoms with Gasteiger partial charge in [0.15, 0.2) is 17.6 Å². The average Bonchev–Trinajstić information content (AvgIpc) is 3.03. The first-order valence-electron chi connectivity index (χ1n) is 9.17. The Kier molecular flexibility index (Phi) is 6.92. The Hall–Kier alpha value is -2.38. The zero-order chi connectivity index (χ0) is 19.5. The summed E-state index contributed by atoms with van der Waals surface area (Å²) >= 11 is 6.06. The van der Waals surface area contributed by atoms with E-state index in [1.54, 1.807) is 6.07 Å². The Labute approximate surface area is 192 Å². The van der Waals surface area contributed by atoms with Gasteiger partial charge in [0.1, 0.15) is 6.54 Å². The third-order valence-corrected chi connectivity index (χ3v) is 5.00. The lowest BCUT2D eigenvalue weighted by Gasteiger charge is -2.07. The summed E-state index contributed by atoms with van der Waals surface area (Å²) < 4.78 is 4.15. The molecule has 0 saturated carbocycles. The van der Waals surface area contributed by atoms with Crippen molar-refractivity contribution in [3.8, 4) is 0 Å². The van der Waals surface area contributed by atoms with Crippen molar-refractivity contribution >= 4 is 34.2 Å². The van der Waals surface area contributed by atoms with Gasteiger partial charge in [-0.3, -0.25) is 4.79 Å². The molecule has 4 aromatic rings. The van der Waals surface area contributed by atoms with Gasteiger partial charge in [0.25, 0.3) is 5.91 Å². The number of fused-ring (bicyclic) bond motifs is 1. The fraction of sp³-hybridized carbons (Fsp3) is 0.130. The van der Waals surface area contributed by atoms with E-state index in [9.17, 15) is 4.79 Å². The number of aryl methyl sites for hydroxylation is 1. The molecule has 3 aromatic carbocycles. The molecule has 4 nitrogen and oxygen atoms in total. The predicted molar refractivity (Wildman–Crippen MR) is 112 cm³/mol. The van der Waals surface area contributed by atoms with Gasteiger partial charge in [-0.1, -0.05) is 60.1 Å². The van der Waals surface area contributed by atoms with E-state index in [0.717, 1.165) is 28.8 Å². The molecule has 29 heavy (non-hydrogen) atoms. The van der Waals surface area contributed by atoms with Crippen LogP contribution in [0.4, 0.5) is 5.69 Å². The lowest BCUT2D eigenvalue weighted by Crippen LogP contribution is -3.00. The van der Waals surface area contributed by atoms with Crippen LogP contribution >= 0.6 is 11.6 Å². The molecule has 1 amide bonds. The number of nitrogens with zero attached hydrogens (tertiary/aromatic N) is 2. The molecule has 0 aliphatic heterocycles. The number of anilines is 1. The van der Waals surface area contributed by atoms with Crippen molar-refractivity contribution in [2.75, 3.05) is 5.32 Å². The van der Waals surface area contributed by atoms with Crippen LogP contribution in [0.15, 0.2) is 79.1 Å². The average molecular weight is 518 g/mol. The third-order valence-electron chi connectivity index (χ3n) is 4.76. The van der Waals surface area contributed by atoms with Crippen LogP contribution in [0.5, 0.6) is 0 Å². The molecule has 0 atom stereocenters. The summed E-state index contributed by atoms with van der Waals surface area (Å²) in [6.45, 7) is 2.93. The van der Waals surface area contributed by atoms with Crippen LogP contribution < -0.4 is 33.9 Å². The fourth-order valence-corrected chi connectivity index (χ4v) is 3.52. The van der Waals surface area contributed by atoms with Crippen LogP contribution in [0.1, 0.15) is 11.1 Å². The molecule has 0 bridgehead atoms. The van der Waals surface area contributed by atoms with E-state index in [4.69, 9.17) is 11.6 Å². The highest BCUT2D eigenvalue weighted by molar-refractivity contribution is 6.31. The molecule has 1 heterocycles. The van der Waals surface area contributed by atoms with E-state index >= 15 is 0 Å². The summed E-state index contributed by atoms with van der Waals surface area (Å²) in [4.78, 5) is 12.7. The van der Waals surface area contributed by atoms with Gasteiger partial charge in [-0.2, -0.15) is 0 Å². The molecular formula is C23H21ClIN3O. The zero-order valence-electron chi connectivity index (χ0n) is 16.0. The van der Waals surface area contributed by atoms with Crippen LogP contribution in [0, 0.1) is 6.92 Å². The van der Waals surface area contributed by atoms with Crippen molar-refractivity contribution in [2.45, 2.75) is 20.0 Å². The van der Waals surface area contributed by atoms with Gasteiger partial charge in [0, 0.05) is 10.7 Å². The first-order chi connectivity index (χ1) is 13.6. The Morgan fingerprint density at radius 2 is 1.76 bits per heavy atom. The highest BCUT2D eigenvalue weighted by Gasteiger charge is 2.18. The molecule has 0 aliphatic carbocycles. The van der Waals surface area contributed by atoms with Gasteiger partial charge < -0.3 is 29.3 Å². The van der Waals surface area contributed by atoms with Crippen molar-refractivity contribution in [3.63, 3.8) is 0 Å². The molecule has 148 valence electrons. The minimum Gasteiger partial charge on any atom is -1.00 e. The Bertz CT molecular complexity index is 1140. The van der Waals surface area contributed by atoms with Crippen LogP contribution in [0.25, 0.3) is 11.0 Å². The number of halogens is 2. The van der Waals surface area contributed by atoms with E-state index in [1.165, 1.54) is 5.56 Å². The molecule has 0 spiro atoms. The number of aromatic nitrogens is 2. The van der Waals surface area contributed by atoms with Crippen molar-refractivity contribution < 1.29 is 33.3 Å². The molecular weight excluding hydrogens is 497 g/mol. The maximum Gasteiger partial charge on any atom is 0.266 e. The first kappa shape index (κ1) is 21.3. The minimum absolute atomic E-state index is 0. The van der Waals surface area contributed by atoms with Crippen LogP contribution in [0.2, 0.25) is 5.02 Å². The third kappa shape index (κ3) is 4.97. The second kappa shape index (κ2) is 9.41. The van der Waals surface area contributed by atoms with Gasteiger partial charge in [0.2, 0.25) is 6.33 Å². The highest BCUT2D eigenvalue weighted by atomic mass is 127. The molecule has 0 fully saturated rings. The lowest BCUT2D eigenvalue weighted by atomic mass is 10.2. The Morgan fingerprint density at radius 3 is 2.55 bits per heavy atom. The summed E-state index contributed by atoms with van der Waals surface area (Å²) in [7, 11) is 0. The quantitative estimate of drug-likeness (QED) is 0.317. The van der Waals surface area contributed by atoms with Crippen LogP contribution in [-0.4, -0.2) is 10.5 Å². The van der Waals surface area contributed by atoms with Crippen molar-refractivity contribution in [1.29, 1.82) is 0 Å². The topological polar surface area (TPSA) is 37.9 Å². The van der Waals surface area contributed by atoms with Gasteiger partial charge in [-0.25, -0.2) is 9.13 Å². The lowest BCUT2D eigenvalue weighted by molar-refractivity contribution is -0.663. The number of hydrogen-bond donors (Lipinski definition) is 1. The number of rotatable bonds is 5. The maximum absolute atomic E-state index is 12.7. The number of carbonyl (C=O) groups is 1. The van der Waals surface area contributed by atoms with Gasteiger partial charge in [-0.15, -0.1) is 0 Å². The van der Waals surface area contributed by atoms with Crippen molar-refractivity contribution in [3.05, 3.63) is 95.3 Å². The van der Waals surface area contributed by atoms with Crippen LogP contribution in [0.3, 0.4) is 0 Å². The van der Waals surface area contributed by atoms with E-state index in [2.05, 4.69) is 28.1 Å². The number of para-hydroxylation sites is 2. The number of nitrogens with one attached hydrogen (secondary N) is 1. The molecule has 6 heteroatoms. The summed E-state index contributed by atoms with van der Waals surface area (Å²) in [5, 5.41) is 3.57. The number of hydrogen-bond acceptors (Lipinski definition) is 1. The second-order valence-corrected chi connectivity index (χ2v) is 7.29. The van der Waals surface area contributed by atoms with E-state index in [0.29, 0.717) is 5.02 Å². The molecule has 0 aliphatic rings. The largest absolute Gasteiger partial charge is 1.00 e. The van der Waals surface area contributed by atoms with Gasteiger partial charge in [0.05, 0.1) is 0 Å². The molecule has 0 saturated heterocycles. The maximum atomic E-state index is 12.7. The summed E-state index contributed by atoms with van der Waals surface area (Å²) in [5.74, 6) is -0.0852. The summed E-state index contributed by atoms with van der Waals surface area (Å²) in [6, 6.07) is 23.9. The number of benzene rings is 3. The summed E-state index contributed by atoms with van der Waals surface area (Å²) in [6.07, 6.45) is 2.00. The highest BCUT2D eigenvalue weighted by Crippen LogP contribution is 2.20. The second-order valence-electron chi connectivity index (χ2n) is 6.85. The zero-order valence-corrected chi connectivity index (χ0v) is 18.9. The normalized spacial score (nSPS) is 10.6. The first-order valence-corrected chi connectivity index (χ1v) is 9.55. The van der Waals surface area contributed by atoms with Crippen molar-refractivity contribution in [1.82, 2.24) is 4.57 Å². The van der Waals surface area contributed by atoms with Crippen molar-refractivity contribution in [2.24, 2.45) is 0 Å². The van der Waals surface area contributed by atoms with Gasteiger partial charge >= 0.3 is 0 Å². The molecule has 0 radical (unpaired) electrons. The Balaban J connectivity index is 0.00000240. The Morgan fingerprint density at radius 1 is 1.03 bits per heavy atom. The molecule has 4 rings (SSSR count).